The van der Waals surface area contributed by atoms with Crippen molar-refractivity contribution in [1.29, 1.82) is 0 Å². The zero-order chi connectivity index (χ0) is 16.7. The van der Waals surface area contributed by atoms with Gasteiger partial charge in [0.2, 0.25) is 5.95 Å². The highest BCUT2D eigenvalue weighted by atomic mass is 19.1. The summed E-state index contributed by atoms with van der Waals surface area (Å²) in [7, 11) is 0. The van der Waals surface area contributed by atoms with Crippen LogP contribution in [0.5, 0.6) is 0 Å². The summed E-state index contributed by atoms with van der Waals surface area (Å²) in [5.74, 6) is -0.480. The Morgan fingerprint density at radius 1 is 1.30 bits per heavy atom. The maximum atomic E-state index is 14.0. The molecule has 0 aliphatic heterocycles. The fraction of sp³-hybridized carbons (Fsp3) is 0.222. The van der Waals surface area contributed by atoms with Gasteiger partial charge in [0.25, 0.3) is 0 Å². The Morgan fingerprint density at radius 3 is 2.70 bits per heavy atom. The minimum atomic E-state index is -0.674. The molecule has 0 spiro atoms. The monoisotopic (exact) mass is 312 g/mol. The number of halogens is 1. The van der Waals surface area contributed by atoms with E-state index in [4.69, 9.17) is 10.2 Å². The quantitative estimate of drug-likeness (QED) is 0.734. The Hall–Kier alpha value is -2.53. The molecule has 0 radical (unpaired) electrons. The Balaban J connectivity index is 2.45. The average molecular weight is 312 g/mol. The summed E-state index contributed by atoms with van der Waals surface area (Å²) in [5.41, 5.74) is 8.40. The first-order valence-electron chi connectivity index (χ1n) is 7.34. The minimum absolute atomic E-state index is 0.167. The third kappa shape index (κ3) is 2.53. The fourth-order valence-electron chi connectivity index (χ4n) is 2.72. The molecule has 0 saturated carbocycles. The van der Waals surface area contributed by atoms with Gasteiger partial charge in [0.1, 0.15) is 11.3 Å². The van der Waals surface area contributed by atoms with Crippen molar-refractivity contribution in [2.24, 2.45) is 5.73 Å². The Bertz CT molecular complexity index is 961. The number of hydrogen-bond acceptors (Lipinski definition) is 4. The SMILES string of the molecule is Cc1cc([C@@H](C)N)c2oc(-c3cccnc3F)c(C)c(=O)c2c1. The minimum Gasteiger partial charge on any atom is -0.455 e. The van der Waals surface area contributed by atoms with E-state index in [1.807, 2.05) is 19.9 Å². The normalized spacial score (nSPS) is 12.6. The molecule has 118 valence electrons. The predicted molar refractivity (Wildman–Crippen MR) is 87.7 cm³/mol. The zero-order valence-electron chi connectivity index (χ0n) is 13.2. The molecule has 0 amide bonds. The van der Waals surface area contributed by atoms with Crippen LogP contribution in [0.3, 0.4) is 0 Å². The van der Waals surface area contributed by atoms with Crippen molar-refractivity contribution >= 4 is 11.0 Å². The molecular weight excluding hydrogens is 295 g/mol. The van der Waals surface area contributed by atoms with E-state index < -0.39 is 5.95 Å². The van der Waals surface area contributed by atoms with Gasteiger partial charge in [-0.1, -0.05) is 6.07 Å². The van der Waals surface area contributed by atoms with Crippen molar-refractivity contribution in [2.45, 2.75) is 26.8 Å². The summed E-state index contributed by atoms with van der Waals surface area (Å²) in [4.78, 5) is 16.3. The lowest BCUT2D eigenvalue weighted by Crippen LogP contribution is -2.12. The Kier molecular flexibility index (Phi) is 3.74. The van der Waals surface area contributed by atoms with Crippen molar-refractivity contribution in [1.82, 2.24) is 4.98 Å². The highest BCUT2D eigenvalue weighted by Crippen LogP contribution is 2.30. The summed E-state index contributed by atoms with van der Waals surface area (Å²) >= 11 is 0. The molecule has 1 atom stereocenters. The van der Waals surface area contributed by atoms with Crippen LogP contribution >= 0.6 is 0 Å². The molecule has 5 heteroatoms. The van der Waals surface area contributed by atoms with Gasteiger partial charge in [0.05, 0.1) is 10.9 Å². The number of aryl methyl sites for hydroxylation is 1. The number of nitrogens with two attached hydrogens (primary N) is 1. The van der Waals surface area contributed by atoms with E-state index in [1.165, 1.54) is 6.20 Å². The van der Waals surface area contributed by atoms with E-state index in [9.17, 15) is 9.18 Å². The van der Waals surface area contributed by atoms with Crippen LogP contribution in [0.1, 0.15) is 29.7 Å². The van der Waals surface area contributed by atoms with E-state index in [2.05, 4.69) is 4.98 Å². The topological polar surface area (TPSA) is 69.1 Å². The first-order chi connectivity index (χ1) is 10.9. The number of nitrogens with zero attached hydrogens (tertiary/aromatic N) is 1. The zero-order valence-corrected chi connectivity index (χ0v) is 13.2. The van der Waals surface area contributed by atoms with E-state index in [1.54, 1.807) is 25.1 Å². The molecule has 0 bridgehead atoms. The van der Waals surface area contributed by atoms with Crippen LogP contribution in [0.15, 0.2) is 39.7 Å². The van der Waals surface area contributed by atoms with Crippen molar-refractivity contribution in [3.05, 3.63) is 63.3 Å². The van der Waals surface area contributed by atoms with Gasteiger partial charge in [-0.05, 0) is 44.5 Å². The number of aromatic nitrogens is 1. The smallest absolute Gasteiger partial charge is 0.223 e. The molecule has 1 aromatic carbocycles. The number of pyridine rings is 1. The van der Waals surface area contributed by atoms with Gasteiger partial charge < -0.3 is 10.2 Å². The lowest BCUT2D eigenvalue weighted by Gasteiger charge is -2.13. The molecule has 23 heavy (non-hydrogen) atoms. The molecule has 4 nitrogen and oxygen atoms in total. The van der Waals surface area contributed by atoms with Gasteiger partial charge in [-0.2, -0.15) is 4.39 Å². The molecule has 0 unspecified atom stereocenters. The van der Waals surface area contributed by atoms with Crippen LogP contribution in [-0.4, -0.2) is 4.98 Å². The summed E-state index contributed by atoms with van der Waals surface area (Å²) in [6.07, 6.45) is 1.35. The lowest BCUT2D eigenvalue weighted by atomic mass is 9.99. The second-order valence-electron chi connectivity index (χ2n) is 5.75. The van der Waals surface area contributed by atoms with Gasteiger partial charge in [0, 0.05) is 23.4 Å². The molecule has 0 saturated heterocycles. The second-order valence-corrected chi connectivity index (χ2v) is 5.75. The average Bonchev–Trinajstić information content (AvgIpc) is 2.51. The standard InChI is InChI=1S/C18H17FN2O2/c1-9-7-13(11(3)20)17-14(8-9)15(22)10(2)16(23-17)12-5-4-6-21-18(12)19/h4-8,11H,20H2,1-3H3/t11-/m1/s1. The number of hydrogen-bond donors (Lipinski definition) is 1. The van der Waals surface area contributed by atoms with Crippen molar-refractivity contribution in [3.63, 3.8) is 0 Å². The third-order valence-corrected chi connectivity index (χ3v) is 3.89. The van der Waals surface area contributed by atoms with E-state index in [0.717, 1.165) is 11.1 Å². The molecule has 0 fully saturated rings. The van der Waals surface area contributed by atoms with Crippen molar-refractivity contribution < 1.29 is 8.81 Å². The van der Waals surface area contributed by atoms with Crippen LogP contribution in [0, 0.1) is 19.8 Å². The van der Waals surface area contributed by atoms with E-state index >= 15 is 0 Å². The number of benzene rings is 1. The largest absolute Gasteiger partial charge is 0.455 e. The maximum Gasteiger partial charge on any atom is 0.223 e. The van der Waals surface area contributed by atoms with Gasteiger partial charge in [-0.15, -0.1) is 0 Å². The van der Waals surface area contributed by atoms with Crippen LogP contribution in [0.4, 0.5) is 4.39 Å². The number of rotatable bonds is 2. The Labute approximate surface area is 132 Å². The van der Waals surface area contributed by atoms with Gasteiger partial charge in [0.15, 0.2) is 5.43 Å². The van der Waals surface area contributed by atoms with Crippen LogP contribution in [0.2, 0.25) is 0 Å². The first kappa shape index (κ1) is 15.4. The van der Waals surface area contributed by atoms with Crippen LogP contribution < -0.4 is 11.2 Å². The third-order valence-electron chi connectivity index (χ3n) is 3.89. The highest BCUT2D eigenvalue weighted by Gasteiger charge is 2.19. The summed E-state index contributed by atoms with van der Waals surface area (Å²) in [6, 6.07) is 6.48. The fourth-order valence-corrected chi connectivity index (χ4v) is 2.72. The molecular formula is C18H17FN2O2. The second kappa shape index (κ2) is 5.59. The van der Waals surface area contributed by atoms with Crippen LogP contribution in [-0.2, 0) is 0 Å². The van der Waals surface area contributed by atoms with Crippen molar-refractivity contribution in [2.75, 3.05) is 0 Å². The summed E-state index contributed by atoms with van der Waals surface area (Å²) in [6.45, 7) is 5.34. The molecule has 2 heterocycles. The highest BCUT2D eigenvalue weighted by molar-refractivity contribution is 5.84. The molecule has 2 aromatic heterocycles. The van der Waals surface area contributed by atoms with Crippen molar-refractivity contribution in [3.8, 4) is 11.3 Å². The van der Waals surface area contributed by atoms with Gasteiger partial charge in [-0.3, -0.25) is 4.79 Å². The predicted octanol–water partition coefficient (Wildman–Crippen LogP) is 3.63. The summed E-state index contributed by atoms with van der Waals surface area (Å²) in [5, 5.41) is 0.461. The molecule has 3 aromatic rings. The number of fused-ring (bicyclic) bond motifs is 1. The van der Waals surface area contributed by atoms with E-state index in [-0.39, 0.29) is 22.8 Å². The van der Waals surface area contributed by atoms with E-state index in [0.29, 0.717) is 16.5 Å². The molecule has 3 rings (SSSR count). The summed E-state index contributed by atoms with van der Waals surface area (Å²) < 4.78 is 19.9. The molecule has 0 aliphatic carbocycles. The maximum absolute atomic E-state index is 14.0. The molecule has 0 aliphatic rings. The van der Waals surface area contributed by atoms with Crippen LogP contribution in [0.25, 0.3) is 22.3 Å². The first-order valence-corrected chi connectivity index (χ1v) is 7.34. The van der Waals surface area contributed by atoms with Gasteiger partial charge >= 0.3 is 0 Å². The Morgan fingerprint density at radius 2 is 2.04 bits per heavy atom. The molecule has 2 N–H and O–H groups in total. The van der Waals surface area contributed by atoms with Gasteiger partial charge in [-0.25, -0.2) is 4.98 Å². The lowest BCUT2D eigenvalue weighted by molar-refractivity contribution is 0.564.